The Morgan fingerprint density at radius 2 is 1.81 bits per heavy atom. The first kappa shape index (κ1) is 16.8. The van der Waals surface area contributed by atoms with Crippen molar-refractivity contribution in [2.24, 2.45) is 7.05 Å². The zero-order chi connectivity index (χ0) is 18.3. The normalized spacial score (nSPS) is 19.3. The zero-order valence-corrected chi connectivity index (χ0v) is 14.9. The molecule has 0 bridgehead atoms. The van der Waals surface area contributed by atoms with Crippen molar-refractivity contribution in [3.05, 3.63) is 53.3 Å². The number of aryl methyl sites for hydroxylation is 1. The van der Waals surface area contributed by atoms with Crippen LogP contribution < -0.4 is 0 Å². The molecule has 1 saturated carbocycles. The molecule has 4 rings (SSSR count). The lowest BCUT2D eigenvalue weighted by Gasteiger charge is -2.39. The quantitative estimate of drug-likeness (QED) is 0.917. The molecule has 2 fully saturated rings. The first-order valence-electron chi connectivity index (χ1n) is 9.13. The van der Waals surface area contributed by atoms with Gasteiger partial charge in [-0.2, -0.15) is 5.10 Å². The number of aliphatic carboxylic acids is 1. The highest BCUT2D eigenvalue weighted by Gasteiger charge is 2.44. The maximum Gasteiger partial charge on any atom is 0.314 e. The molecule has 2 heterocycles. The highest BCUT2D eigenvalue weighted by atomic mass is 16.4. The van der Waals surface area contributed by atoms with E-state index in [1.807, 2.05) is 37.4 Å². The third kappa shape index (κ3) is 2.69. The molecule has 1 amide bonds. The van der Waals surface area contributed by atoms with E-state index in [1.54, 1.807) is 15.8 Å². The number of nitrogens with zero attached hydrogens (tertiary/aromatic N) is 3. The van der Waals surface area contributed by atoms with Crippen LogP contribution in [0.25, 0.3) is 0 Å². The van der Waals surface area contributed by atoms with Crippen LogP contribution in [0.1, 0.15) is 53.2 Å². The fraction of sp³-hybridized carbons (Fsp3) is 0.450. The summed E-state index contributed by atoms with van der Waals surface area (Å²) in [4.78, 5) is 26.9. The lowest BCUT2D eigenvalue weighted by atomic mass is 9.72. The van der Waals surface area contributed by atoms with Crippen molar-refractivity contribution in [3.63, 3.8) is 0 Å². The Bertz CT molecular complexity index is 831. The minimum absolute atomic E-state index is 0.0212. The van der Waals surface area contributed by atoms with E-state index in [2.05, 4.69) is 5.10 Å². The average molecular weight is 353 g/mol. The summed E-state index contributed by atoms with van der Waals surface area (Å²) in [5, 5.41) is 14.2. The van der Waals surface area contributed by atoms with Crippen molar-refractivity contribution in [2.75, 3.05) is 13.1 Å². The summed E-state index contributed by atoms with van der Waals surface area (Å²) in [6, 6.07) is 9.37. The zero-order valence-electron chi connectivity index (χ0n) is 14.9. The van der Waals surface area contributed by atoms with Gasteiger partial charge in [0.2, 0.25) is 0 Å². The summed E-state index contributed by atoms with van der Waals surface area (Å²) >= 11 is 0. The van der Waals surface area contributed by atoms with Crippen LogP contribution in [0.5, 0.6) is 0 Å². The Kier molecular flexibility index (Phi) is 4.05. The van der Waals surface area contributed by atoms with Gasteiger partial charge in [0.15, 0.2) is 0 Å². The third-order valence-electron chi connectivity index (χ3n) is 5.82. The summed E-state index contributed by atoms with van der Waals surface area (Å²) in [5.41, 5.74) is 1.61. The Labute approximate surface area is 152 Å². The standard InChI is InChI=1S/C20H23N3O3/c1-22-17(14-7-8-14)16(13-21-22)18(24)23-11-9-20(10-12-23,19(25)26)15-5-3-2-4-6-15/h2-6,13-14H,7-12H2,1H3,(H,25,26). The van der Waals surface area contributed by atoms with E-state index in [1.165, 1.54) is 0 Å². The number of amides is 1. The Balaban J connectivity index is 1.54. The van der Waals surface area contributed by atoms with Crippen molar-refractivity contribution in [3.8, 4) is 0 Å². The van der Waals surface area contributed by atoms with Crippen molar-refractivity contribution >= 4 is 11.9 Å². The lowest BCUT2D eigenvalue weighted by molar-refractivity contribution is -0.145. The third-order valence-corrected chi connectivity index (χ3v) is 5.82. The predicted octanol–water partition coefficient (Wildman–Crippen LogP) is 2.56. The Hall–Kier alpha value is -2.63. The molecule has 2 aromatic rings. The summed E-state index contributed by atoms with van der Waals surface area (Å²) < 4.78 is 1.81. The molecule has 0 radical (unpaired) electrons. The number of likely N-dealkylation sites (tertiary alicyclic amines) is 1. The van der Waals surface area contributed by atoms with Gasteiger partial charge in [-0.15, -0.1) is 0 Å². The molecule has 2 aliphatic rings. The molecule has 6 nitrogen and oxygen atoms in total. The monoisotopic (exact) mass is 353 g/mol. The number of rotatable bonds is 4. The van der Waals surface area contributed by atoms with E-state index in [0.29, 0.717) is 37.4 Å². The fourth-order valence-corrected chi connectivity index (χ4v) is 4.10. The van der Waals surface area contributed by atoms with Gasteiger partial charge < -0.3 is 10.0 Å². The molecule has 1 aromatic carbocycles. The molecule has 1 aliphatic carbocycles. The molecule has 0 spiro atoms. The number of carboxylic acid groups (broad SMARTS) is 1. The van der Waals surface area contributed by atoms with Gasteiger partial charge in [-0.05, 0) is 31.2 Å². The van der Waals surface area contributed by atoms with Crippen molar-refractivity contribution in [1.29, 1.82) is 0 Å². The van der Waals surface area contributed by atoms with Crippen molar-refractivity contribution in [1.82, 2.24) is 14.7 Å². The largest absolute Gasteiger partial charge is 0.481 e. The highest BCUT2D eigenvalue weighted by molar-refractivity contribution is 5.95. The first-order valence-corrected chi connectivity index (χ1v) is 9.13. The number of carbonyl (C=O) groups excluding carboxylic acids is 1. The average Bonchev–Trinajstić information content (AvgIpc) is 3.43. The second-order valence-corrected chi connectivity index (χ2v) is 7.39. The smallest absolute Gasteiger partial charge is 0.314 e. The van der Waals surface area contributed by atoms with E-state index < -0.39 is 11.4 Å². The van der Waals surface area contributed by atoms with E-state index in [9.17, 15) is 14.7 Å². The number of hydrogen-bond donors (Lipinski definition) is 1. The number of hydrogen-bond acceptors (Lipinski definition) is 3. The van der Waals surface area contributed by atoms with Gasteiger partial charge in [0.05, 0.1) is 22.9 Å². The molecular formula is C20H23N3O3. The van der Waals surface area contributed by atoms with E-state index >= 15 is 0 Å². The number of carboxylic acids is 1. The van der Waals surface area contributed by atoms with E-state index in [0.717, 1.165) is 24.1 Å². The van der Waals surface area contributed by atoms with Crippen LogP contribution in [0, 0.1) is 0 Å². The maximum atomic E-state index is 13.0. The van der Waals surface area contributed by atoms with Gasteiger partial charge in [-0.3, -0.25) is 14.3 Å². The summed E-state index contributed by atoms with van der Waals surface area (Å²) in [5.74, 6) is -0.392. The molecule has 1 aromatic heterocycles. The minimum atomic E-state index is -0.910. The van der Waals surface area contributed by atoms with Gasteiger partial charge >= 0.3 is 5.97 Å². The molecule has 0 atom stereocenters. The first-order chi connectivity index (χ1) is 12.5. The van der Waals surface area contributed by atoms with Gasteiger partial charge in [0, 0.05) is 26.1 Å². The van der Waals surface area contributed by atoms with E-state index in [-0.39, 0.29) is 5.91 Å². The number of benzene rings is 1. The van der Waals surface area contributed by atoms with Crippen LogP contribution in [-0.4, -0.2) is 44.8 Å². The molecule has 1 saturated heterocycles. The lowest BCUT2D eigenvalue weighted by Crippen LogP contribution is -2.49. The van der Waals surface area contributed by atoms with Gasteiger partial charge in [-0.25, -0.2) is 0 Å². The Morgan fingerprint density at radius 1 is 1.15 bits per heavy atom. The maximum absolute atomic E-state index is 13.0. The molecule has 6 heteroatoms. The highest BCUT2D eigenvalue weighted by Crippen LogP contribution is 2.42. The van der Waals surface area contributed by atoms with E-state index in [4.69, 9.17) is 0 Å². The fourth-order valence-electron chi connectivity index (χ4n) is 4.10. The summed E-state index contributed by atoms with van der Waals surface area (Å²) in [6.45, 7) is 0.887. The number of aromatic nitrogens is 2. The molecule has 0 unspecified atom stereocenters. The topological polar surface area (TPSA) is 75.4 Å². The van der Waals surface area contributed by atoms with Crippen LogP contribution in [0.4, 0.5) is 0 Å². The van der Waals surface area contributed by atoms with Crippen LogP contribution in [0.3, 0.4) is 0 Å². The summed E-state index contributed by atoms with van der Waals surface area (Å²) in [7, 11) is 1.88. The number of piperidine rings is 1. The molecule has 1 N–H and O–H groups in total. The molecule has 136 valence electrons. The minimum Gasteiger partial charge on any atom is -0.481 e. The number of carbonyl (C=O) groups is 2. The molecule has 1 aliphatic heterocycles. The molecular weight excluding hydrogens is 330 g/mol. The van der Waals surface area contributed by atoms with Gasteiger partial charge in [0.1, 0.15) is 0 Å². The van der Waals surface area contributed by atoms with Crippen LogP contribution in [0.2, 0.25) is 0 Å². The van der Waals surface area contributed by atoms with Gasteiger partial charge in [-0.1, -0.05) is 30.3 Å². The van der Waals surface area contributed by atoms with Crippen molar-refractivity contribution < 1.29 is 14.7 Å². The Morgan fingerprint density at radius 3 is 2.38 bits per heavy atom. The molecule has 26 heavy (non-hydrogen) atoms. The second kappa shape index (κ2) is 6.27. The van der Waals surface area contributed by atoms with Crippen molar-refractivity contribution in [2.45, 2.75) is 37.0 Å². The van der Waals surface area contributed by atoms with Crippen LogP contribution in [0.15, 0.2) is 36.5 Å². The SMILES string of the molecule is Cn1ncc(C(=O)N2CCC(C(=O)O)(c3ccccc3)CC2)c1C1CC1. The van der Waals surface area contributed by atoms with Crippen LogP contribution in [-0.2, 0) is 17.3 Å². The summed E-state index contributed by atoms with van der Waals surface area (Å²) in [6.07, 6.45) is 4.73. The predicted molar refractivity (Wildman–Crippen MR) is 96.1 cm³/mol. The van der Waals surface area contributed by atoms with Gasteiger partial charge in [0.25, 0.3) is 5.91 Å². The van der Waals surface area contributed by atoms with Crippen LogP contribution >= 0.6 is 0 Å². The second-order valence-electron chi connectivity index (χ2n) is 7.39.